The van der Waals surface area contributed by atoms with Crippen molar-refractivity contribution in [1.82, 2.24) is 0 Å². The van der Waals surface area contributed by atoms with Gasteiger partial charge in [-0.25, -0.2) is 0 Å². The number of hydrogen-bond acceptors (Lipinski definition) is 7. The largest absolute Gasteiger partial charge is 0.463 e. The molecule has 0 amide bonds. The maximum atomic E-state index is 11.0. The molecular weight excluding hydrogens is 268 g/mol. The van der Waals surface area contributed by atoms with Crippen molar-refractivity contribution in [2.24, 2.45) is 0 Å². The fourth-order valence-corrected chi connectivity index (χ4v) is 1.81. The van der Waals surface area contributed by atoms with Gasteiger partial charge < -0.3 is 23.7 Å². The zero-order chi connectivity index (χ0) is 16.6. The van der Waals surface area contributed by atoms with E-state index in [1.165, 1.54) is 35.2 Å². The van der Waals surface area contributed by atoms with Gasteiger partial charge in [0.1, 0.15) is 31.0 Å². The van der Waals surface area contributed by atoms with Gasteiger partial charge in [-0.05, 0) is 6.92 Å². The van der Waals surface area contributed by atoms with Gasteiger partial charge in [-0.1, -0.05) is 0 Å². The molecule has 0 N–H and O–H groups in total. The molecule has 0 saturated carbocycles. The van der Waals surface area contributed by atoms with Crippen LogP contribution in [0, 0.1) is 0 Å². The molecule has 1 unspecified atom stereocenters. The Labute approximate surface area is 120 Å². The summed E-state index contributed by atoms with van der Waals surface area (Å²) in [5, 5.41) is 0. The maximum absolute atomic E-state index is 11.0. The first kappa shape index (κ1) is 16.9. The highest BCUT2D eigenvalue weighted by Crippen LogP contribution is 2.17. The van der Waals surface area contributed by atoms with Gasteiger partial charge in [0.2, 0.25) is 0 Å². The molecule has 20 heavy (non-hydrogen) atoms. The first-order valence-electron chi connectivity index (χ1n) is 6.71. The maximum Gasteiger partial charge on any atom is 0.302 e. The second-order valence-electron chi connectivity index (χ2n) is 4.16. The van der Waals surface area contributed by atoms with Gasteiger partial charge in [-0.15, -0.1) is 0 Å². The number of methoxy groups -OCH3 is 3. The SMILES string of the molecule is [2H]C(OC(C)=O)[C@H](OC)[C@H](OC)[C@H](OC)[C@@H](C)OC(C)=O. The number of hydrogen-bond donors (Lipinski definition) is 0. The highest BCUT2D eigenvalue weighted by molar-refractivity contribution is 5.66. The van der Waals surface area contributed by atoms with E-state index < -0.39 is 42.9 Å². The van der Waals surface area contributed by atoms with Crippen LogP contribution in [0.4, 0.5) is 0 Å². The Morgan fingerprint density at radius 2 is 1.55 bits per heavy atom. The standard InChI is InChI=1S/C13H24O7/c1-8(20-10(3)15)12(17-5)13(18-6)11(16-4)7-19-9(2)14/h8,11-13H,7H2,1-6H3/t8-,11+,12-,13+/m1/s1/i7D/t7?,8-,11+,12-,13+. The lowest BCUT2D eigenvalue weighted by Crippen LogP contribution is -2.49. The molecule has 0 aromatic carbocycles. The molecule has 7 nitrogen and oxygen atoms in total. The van der Waals surface area contributed by atoms with E-state index in [2.05, 4.69) is 0 Å². The third-order valence-corrected chi connectivity index (χ3v) is 2.65. The molecule has 0 saturated heterocycles. The predicted molar refractivity (Wildman–Crippen MR) is 70.3 cm³/mol. The zero-order valence-electron chi connectivity index (χ0n) is 13.7. The van der Waals surface area contributed by atoms with Crippen LogP contribution in [0.5, 0.6) is 0 Å². The molecule has 0 fully saturated rings. The Hall–Kier alpha value is -1.18. The lowest BCUT2D eigenvalue weighted by molar-refractivity contribution is -0.176. The molecule has 0 aliphatic carbocycles. The van der Waals surface area contributed by atoms with Crippen LogP contribution in [-0.4, -0.2) is 64.3 Å². The summed E-state index contributed by atoms with van der Waals surface area (Å²) < 4.78 is 33.5. The fourth-order valence-electron chi connectivity index (χ4n) is 1.81. The van der Waals surface area contributed by atoms with Crippen molar-refractivity contribution in [3.8, 4) is 0 Å². The molecule has 5 atom stereocenters. The van der Waals surface area contributed by atoms with Crippen LogP contribution in [0.1, 0.15) is 22.1 Å². The summed E-state index contributed by atoms with van der Waals surface area (Å²) in [4.78, 5) is 22.0. The van der Waals surface area contributed by atoms with Crippen molar-refractivity contribution >= 4 is 11.9 Å². The normalized spacial score (nSPS) is 19.2. The molecule has 7 heteroatoms. The molecular formula is C13H24O7. The average Bonchev–Trinajstić information content (AvgIpc) is 2.36. The minimum absolute atomic E-state index is 0.462. The second-order valence-corrected chi connectivity index (χ2v) is 4.16. The molecule has 0 aromatic heterocycles. The van der Waals surface area contributed by atoms with Crippen molar-refractivity contribution in [1.29, 1.82) is 0 Å². The van der Waals surface area contributed by atoms with E-state index in [0.29, 0.717) is 0 Å². The van der Waals surface area contributed by atoms with Gasteiger partial charge in [0.15, 0.2) is 0 Å². The topological polar surface area (TPSA) is 80.3 Å². The van der Waals surface area contributed by atoms with Crippen molar-refractivity contribution in [2.45, 2.75) is 45.2 Å². The molecule has 0 aliphatic rings. The smallest absolute Gasteiger partial charge is 0.302 e. The lowest BCUT2D eigenvalue weighted by atomic mass is 10.0. The van der Waals surface area contributed by atoms with Crippen molar-refractivity contribution in [3.63, 3.8) is 0 Å². The van der Waals surface area contributed by atoms with Crippen molar-refractivity contribution in [2.75, 3.05) is 27.9 Å². The van der Waals surface area contributed by atoms with Crippen molar-refractivity contribution < 1.29 is 34.6 Å². The molecule has 0 heterocycles. The van der Waals surface area contributed by atoms with Gasteiger partial charge >= 0.3 is 11.9 Å². The first-order chi connectivity index (χ1) is 9.78. The Morgan fingerprint density at radius 3 is 1.90 bits per heavy atom. The highest BCUT2D eigenvalue weighted by atomic mass is 16.6. The fraction of sp³-hybridized carbons (Fsp3) is 0.846. The van der Waals surface area contributed by atoms with Gasteiger partial charge in [-0.2, -0.15) is 0 Å². The summed E-state index contributed by atoms with van der Waals surface area (Å²) in [6.07, 6.45) is -2.98. The van der Waals surface area contributed by atoms with E-state index in [1.54, 1.807) is 6.92 Å². The summed E-state index contributed by atoms with van der Waals surface area (Å²) in [6, 6.07) is 0. The summed E-state index contributed by atoms with van der Waals surface area (Å²) in [6.45, 7) is 2.83. The van der Waals surface area contributed by atoms with Gasteiger partial charge in [0.25, 0.3) is 0 Å². The summed E-state index contributed by atoms with van der Waals surface area (Å²) in [5.41, 5.74) is 0. The van der Waals surface area contributed by atoms with Crippen LogP contribution in [0.25, 0.3) is 0 Å². The van der Waals surface area contributed by atoms with Crippen LogP contribution in [0.2, 0.25) is 0 Å². The van der Waals surface area contributed by atoms with Crippen LogP contribution in [-0.2, 0) is 33.3 Å². The van der Waals surface area contributed by atoms with E-state index >= 15 is 0 Å². The molecule has 118 valence electrons. The number of carbonyl (C=O) groups excluding carboxylic acids is 2. The molecule has 0 spiro atoms. The minimum atomic E-state index is -1.29. The van der Waals surface area contributed by atoms with Gasteiger partial charge in [0, 0.05) is 35.2 Å². The highest BCUT2D eigenvalue weighted by Gasteiger charge is 2.36. The van der Waals surface area contributed by atoms with Crippen molar-refractivity contribution in [3.05, 3.63) is 0 Å². The average molecular weight is 293 g/mol. The number of carbonyl (C=O) groups is 2. The Balaban J connectivity index is 5.10. The first-order valence-corrected chi connectivity index (χ1v) is 6.13. The lowest BCUT2D eigenvalue weighted by Gasteiger charge is -2.33. The molecule has 0 bridgehead atoms. The monoisotopic (exact) mass is 293 g/mol. The Bertz CT molecular complexity index is 306. The minimum Gasteiger partial charge on any atom is -0.463 e. The summed E-state index contributed by atoms with van der Waals surface area (Å²) in [5.74, 6) is -1.07. The van der Waals surface area contributed by atoms with Gasteiger partial charge in [-0.3, -0.25) is 9.59 Å². The van der Waals surface area contributed by atoms with Crippen LogP contribution >= 0.6 is 0 Å². The zero-order valence-corrected chi connectivity index (χ0v) is 12.7. The van der Waals surface area contributed by atoms with E-state index in [0.717, 1.165) is 0 Å². The third kappa shape index (κ3) is 6.31. The van der Waals surface area contributed by atoms with Gasteiger partial charge in [0.05, 0.1) is 1.37 Å². The number of esters is 2. The predicted octanol–water partition coefficient (Wildman–Crippen LogP) is 0.546. The molecule has 0 aromatic rings. The third-order valence-electron chi connectivity index (χ3n) is 2.65. The Kier molecular flexibility index (Phi) is 8.17. The van der Waals surface area contributed by atoms with Crippen LogP contribution in [0.3, 0.4) is 0 Å². The number of ether oxygens (including phenoxy) is 5. The van der Waals surface area contributed by atoms with E-state index in [-0.39, 0.29) is 0 Å². The molecule has 0 rings (SSSR count). The molecule has 0 radical (unpaired) electrons. The summed E-state index contributed by atoms with van der Waals surface area (Å²) >= 11 is 0. The second kappa shape index (κ2) is 9.68. The van der Waals surface area contributed by atoms with E-state index in [9.17, 15) is 9.59 Å². The number of rotatable bonds is 9. The summed E-state index contributed by atoms with van der Waals surface area (Å²) in [7, 11) is 4.20. The Morgan fingerprint density at radius 1 is 1.00 bits per heavy atom. The molecule has 0 aliphatic heterocycles. The van der Waals surface area contributed by atoms with E-state index in [1.807, 2.05) is 0 Å². The van der Waals surface area contributed by atoms with Crippen LogP contribution < -0.4 is 0 Å². The van der Waals surface area contributed by atoms with E-state index in [4.69, 9.17) is 25.1 Å². The quantitative estimate of drug-likeness (QED) is 0.574. The van der Waals surface area contributed by atoms with Crippen LogP contribution in [0.15, 0.2) is 0 Å².